The van der Waals surface area contributed by atoms with E-state index in [1.54, 1.807) is 36.4 Å². The molecule has 4 nitrogen and oxygen atoms in total. The number of anilines is 1. The molecule has 20 heavy (non-hydrogen) atoms. The quantitative estimate of drug-likeness (QED) is 0.903. The Morgan fingerprint density at radius 1 is 1.25 bits per heavy atom. The molecule has 0 heterocycles. The summed E-state index contributed by atoms with van der Waals surface area (Å²) >= 11 is 5.82. The number of benzene rings is 2. The molecule has 1 atom stereocenters. The summed E-state index contributed by atoms with van der Waals surface area (Å²) in [5.74, 6) is -1.02. The van der Waals surface area contributed by atoms with Crippen LogP contribution in [0.2, 0.25) is 5.02 Å². The number of nitrogens with zero attached hydrogens (tertiary/aromatic N) is 1. The summed E-state index contributed by atoms with van der Waals surface area (Å²) in [6.07, 6.45) is 0. The maximum absolute atomic E-state index is 11.4. The maximum Gasteiger partial charge on any atom is 0.330 e. The van der Waals surface area contributed by atoms with E-state index in [9.17, 15) is 9.90 Å². The fourth-order valence-corrected chi connectivity index (χ4v) is 2.00. The Morgan fingerprint density at radius 3 is 2.55 bits per heavy atom. The number of halogens is 1. The van der Waals surface area contributed by atoms with Crippen molar-refractivity contribution in [1.29, 1.82) is 5.26 Å². The van der Waals surface area contributed by atoms with E-state index in [1.165, 1.54) is 6.07 Å². The lowest BCUT2D eigenvalue weighted by atomic mass is 10.1. The average Bonchev–Trinajstić information content (AvgIpc) is 2.46. The van der Waals surface area contributed by atoms with Gasteiger partial charge in [0.05, 0.1) is 11.3 Å². The minimum absolute atomic E-state index is 0.305. The van der Waals surface area contributed by atoms with Crippen LogP contribution in [-0.4, -0.2) is 11.1 Å². The molecule has 0 spiro atoms. The van der Waals surface area contributed by atoms with Gasteiger partial charge in [0, 0.05) is 5.02 Å². The molecule has 0 amide bonds. The second kappa shape index (κ2) is 6.09. The third kappa shape index (κ3) is 3.08. The Hall–Kier alpha value is -2.51. The van der Waals surface area contributed by atoms with Crippen molar-refractivity contribution in [3.05, 3.63) is 64.7 Å². The van der Waals surface area contributed by atoms with Gasteiger partial charge in [0.2, 0.25) is 0 Å². The monoisotopic (exact) mass is 286 g/mol. The van der Waals surface area contributed by atoms with Crippen LogP contribution in [0.3, 0.4) is 0 Å². The Bertz CT molecular complexity index is 665. The molecule has 100 valence electrons. The molecule has 5 heteroatoms. The van der Waals surface area contributed by atoms with Crippen molar-refractivity contribution >= 4 is 23.3 Å². The van der Waals surface area contributed by atoms with Crippen LogP contribution in [0.1, 0.15) is 17.2 Å². The van der Waals surface area contributed by atoms with E-state index in [0.717, 1.165) is 0 Å². The normalized spacial score (nSPS) is 11.4. The molecule has 0 aromatic heterocycles. The van der Waals surface area contributed by atoms with Gasteiger partial charge in [0.15, 0.2) is 6.04 Å². The van der Waals surface area contributed by atoms with Gasteiger partial charge >= 0.3 is 5.97 Å². The van der Waals surface area contributed by atoms with E-state index in [2.05, 4.69) is 5.32 Å². The highest BCUT2D eigenvalue weighted by molar-refractivity contribution is 6.30. The number of rotatable bonds is 4. The molecule has 2 aromatic carbocycles. The number of hydrogen-bond acceptors (Lipinski definition) is 3. The summed E-state index contributed by atoms with van der Waals surface area (Å²) < 4.78 is 0. The predicted molar refractivity (Wildman–Crippen MR) is 76.6 cm³/mol. The van der Waals surface area contributed by atoms with Crippen molar-refractivity contribution in [2.75, 3.05) is 5.32 Å². The van der Waals surface area contributed by atoms with Gasteiger partial charge in [-0.05, 0) is 23.8 Å². The van der Waals surface area contributed by atoms with Crippen LogP contribution in [-0.2, 0) is 4.79 Å². The number of nitrogens with one attached hydrogen (secondary N) is 1. The SMILES string of the molecule is N#Cc1cc(Cl)ccc1NC(C(=O)O)c1ccccc1. The smallest absolute Gasteiger partial charge is 0.330 e. The predicted octanol–water partition coefficient (Wildman–Crippen LogP) is 3.45. The van der Waals surface area contributed by atoms with Crippen LogP contribution < -0.4 is 5.32 Å². The van der Waals surface area contributed by atoms with Gasteiger partial charge in [-0.3, -0.25) is 0 Å². The number of carboxylic acids is 1. The van der Waals surface area contributed by atoms with Crippen LogP contribution in [0, 0.1) is 11.3 Å². The van der Waals surface area contributed by atoms with Crippen LogP contribution >= 0.6 is 11.6 Å². The van der Waals surface area contributed by atoms with E-state index in [0.29, 0.717) is 21.8 Å². The van der Waals surface area contributed by atoms with E-state index in [4.69, 9.17) is 16.9 Å². The zero-order valence-corrected chi connectivity index (χ0v) is 11.1. The molecule has 0 saturated heterocycles. The standard InChI is InChI=1S/C15H11ClN2O2/c16-12-6-7-13(11(8-12)9-17)18-14(15(19)20)10-4-2-1-3-5-10/h1-8,14,18H,(H,19,20). The Balaban J connectivity index is 2.35. The first-order valence-electron chi connectivity index (χ1n) is 5.86. The molecule has 0 radical (unpaired) electrons. The molecule has 0 fully saturated rings. The molecular weight excluding hydrogens is 276 g/mol. The van der Waals surface area contributed by atoms with Crippen LogP contribution in [0.15, 0.2) is 48.5 Å². The van der Waals surface area contributed by atoms with Crippen molar-refractivity contribution < 1.29 is 9.90 Å². The number of nitriles is 1. The first-order valence-corrected chi connectivity index (χ1v) is 6.23. The minimum Gasteiger partial charge on any atom is -0.479 e. The fourth-order valence-electron chi connectivity index (χ4n) is 1.82. The minimum atomic E-state index is -1.02. The molecule has 2 aromatic rings. The molecular formula is C15H11ClN2O2. The van der Waals surface area contributed by atoms with Gasteiger partial charge in [-0.15, -0.1) is 0 Å². The first kappa shape index (κ1) is 13.9. The summed E-state index contributed by atoms with van der Waals surface area (Å²) in [5.41, 5.74) is 1.35. The summed E-state index contributed by atoms with van der Waals surface area (Å²) in [5, 5.41) is 21.7. The highest BCUT2D eigenvalue weighted by Gasteiger charge is 2.20. The summed E-state index contributed by atoms with van der Waals surface area (Å²) in [4.78, 5) is 11.4. The van der Waals surface area contributed by atoms with Gasteiger partial charge in [-0.1, -0.05) is 41.9 Å². The largest absolute Gasteiger partial charge is 0.479 e. The van der Waals surface area contributed by atoms with Crippen molar-refractivity contribution in [3.8, 4) is 6.07 Å². The lowest BCUT2D eigenvalue weighted by Gasteiger charge is -2.17. The Morgan fingerprint density at radius 2 is 1.95 bits per heavy atom. The first-order chi connectivity index (χ1) is 9.61. The van der Waals surface area contributed by atoms with E-state index < -0.39 is 12.0 Å². The van der Waals surface area contributed by atoms with Crippen molar-refractivity contribution in [3.63, 3.8) is 0 Å². The van der Waals surface area contributed by atoms with Crippen molar-refractivity contribution in [2.24, 2.45) is 0 Å². The van der Waals surface area contributed by atoms with Gasteiger partial charge in [-0.25, -0.2) is 4.79 Å². The van der Waals surface area contributed by atoms with Gasteiger partial charge in [0.1, 0.15) is 6.07 Å². The van der Waals surface area contributed by atoms with Gasteiger partial charge in [-0.2, -0.15) is 5.26 Å². The Kier molecular flexibility index (Phi) is 4.24. The zero-order valence-electron chi connectivity index (χ0n) is 10.4. The number of hydrogen-bond donors (Lipinski definition) is 2. The molecule has 0 aliphatic rings. The maximum atomic E-state index is 11.4. The molecule has 0 aliphatic carbocycles. The van der Waals surface area contributed by atoms with E-state index in [-0.39, 0.29) is 0 Å². The molecule has 0 aliphatic heterocycles. The molecule has 2 rings (SSSR count). The van der Waals surface area contributed by atoms with E-state index in [1.807, 2.05) is 12.1 Å². The van der Waals surface area contributed by atoms with Crippen LogP contribution in [0.5, 0.6) is 0 Å². The van der Waals surface area contributed by atoms with Gasteiger partial charge < -0.3 is 10.4 Å². The highest BCUT2D eigenvalue weighted by atomic mass is 35.5. The topological polar surface area (TPSA) is 73.1 Å². The second-order valence-corrected chi connectivity index (χ2v) is 4.56. The lowest BCUT2D eigenvalue weighted by Crippen LogP contribution is -2.20. The van der Waals surface area contributed by atoms with Gasteiger partial charge in [0.25, 0.3) is 0 Å². The third-order valence-corrected chi connectivity index (χ3v) is 3.02. The highest BCUT2D eigenvalue weighted by Crippen LogP contribution is 2.25. The zero-order chi connectivity index (χ0) is 14.5. The van der Waals surface area contributed by atoms with E-state index >= 15 is 0 Å². The number of carbonyl (C=O) groups is 1. The Labute approximate surface area is 121 Å². The number of carboxylic acid groups (broad SMARTS) is 1. The lowest BCUT2D eigenvalue weighted by molar-refractivity contribution is -0.138. The van der Waals surface area contributed by atoms with Crippen LogP contribution in [0.25, 0.3) is 0 Å². The molecule has 0 saturated carbocycles. The summed E-state index contributed by atoms with van der Waals surface area (Å²) in [7, 11) is 0. The third-order valence-electron chi connectivity index (χ3n) is 2.78. The molecule has 2 N–H and O–H groups in total. The summed E-state index contributed by atoms with van der Waals surface area (Å²) in [6, 6.07) is 14.5. The molecule has 1 unspecified atom stereocenters. The van der Waals surface area contributed by atoms with Crippen LogP contribution in [0.4, 0.5) is 5.69 Å². The molecule has 0 bridgehead atoms. The fraction of sp³-hybridized carbons (Fsp3) is 0.0667. The van der Waals surface area contributed by atoms with Crippen molar-refractivity contribution in [2.45, 2.75) is 6.04 Å². The average molecular weight is 287 g/mol. The van der Waals surface area contributed by atoms with Crippen molar-refractivity contribution in [1.82, 2.24) is 0 Å². The number of aliphatic carboxylic acids is 1. The second-order valence-electron chi connectivity index (χ2n) is 4.13. The summed E-state index contributed by atoms with van der Waals surface area (Å²) in [6.45, 7) is 0.